The number of nitrogens with zero attached hydrogens (tertiary/aromatic N) is 1. The third-order valence-electron chi connectivity index (χ3n) is 3.64. The Balaban J connectivity index is 1.73. The molecule has 0 fully saturated rings. The third-order valence-corrected chi connectivity index (χ3v) is 3.64. The number of hydrogen-bond acceptors (Lipinski definition) is 4. The van der Waals surface area contributed by atoms with Crippen LogP contribution in [0.1, 0.15) is 26.2 Å². The highest BCUT2D eigenvalue weighted by Gasteiger charge is 2.08. The van der Waals surface area contributed by atoms with Gasteiger partial charge < -0.3 is 14.4 Å². The van der Waals surface area contributed by atoms with Crippen LogP contribution in [0, 0.1) is 0 Å². The van der Waals surface area contributed by atoms with Crippen LogP contribution in [-0.4, -0.2) is 25.9 Å². The summed E-state index contributed by atoms with van der Waals surface area (Å²) in [7, 11) is 0. The van der Waals surface area contributed by atoms with Gasteiger partial charge in [0.15, 0.2) is 0 Å². The zero-order valence-electron chi connectivity index (χ0n) is 14.2. The summed E-state index contributed by atoms with van der Waals surface area (Å²) in [5, 5.41) is 0. The van der Waals surface area contributed by atoms with E-state index in [2.05, 4.69) is 24.0 Å². The van der Waals surface area contributed by atoms with Gasteiger partial charge in [-0.25, -0.2) is 4.79 Å². The van der Waals surface area contributed by atoms with Crippen molar-refractivity contribution in [1.82, 2.24) is 0 Å². The SMILES string of the molecule is CCCCN(CCCOC(=O)Oc1ccccc1)c1ccccc1. The number of anilines is 1. The molecule has 0 aliphatic heterocycles. The van der Waals surface area contributed by atoms with Gasteiger partial charge in [0.05, 0.1) is 6.61 Å². The fraction of sp³-hybridized carbons (Fsp3) is 0.350. The van der Waals surface area contributed by atoms with Crippen molar-refractivity contribution in [2.75, 3.05) is 24.6 Å². The Morgan fingerprint density at radius 1 is 0.917 bits per heavy atom. The van der Waals surface area contributed by atoms with Crippen LogP contribution in [0.5, 0.6) is 5.75 Å². The van der Waals surface area contributed by atoms with Gasteiger partial charge in [0.1, 0.15) is 5.75 Å². The highest BCUT2D eigenvalue weighted by Crippen LogP contribution is 2.15. The molecule has 4 heteroatoms. The number of carbonyl (C=O) groups is 1. The third kappa shape index (κ3) is 6.32. The van der Waals surface area contributed by atoms with E-state index in [-0.39, 0.29) is 0 Å². The smallest absolute Gasteiger partial charge is 0.434 e. The second kappa shape index (κ2) is 10.3. The molecule has 0 spiro atoms. The molecular formula is C20H25NO3. The van der Waals surface area contributed by atoms with Gasteiger partial charge in [-0.2, -0.15) is 0 Å². The average Bonchev–Trinajstić information content (AvgIpc) is 2.62. The summed E-state index contributed by atoms with van der Waals surface area (Å²) >= 11 is 0. The lowest BCUT2D eigenvalue weighted by Crippen LogP contribution is -2.26. The second-order valence-electron chi connectivity index (χ2n) is 5.54. The van der Waals surface area contributed by atoms with Gasteiger partial charge in [-0.05, 0) is 37.1 Å². The summed E-state index contributed by atoms with van der Waals surface area (Å²) in [5.74, 6) is 0.497. The molecule has 2 aromatic rings. The van der Waals surface area contributed by atoms with Crippen molar-refractivity contribution >= 4 is 11.8 Å². The van der Waals surface area contributed by atoms with Crippen molar-refractivity contribution < 1.29 is 14.3 Å². The predicted octanol–water partition coefficient (Wildman–Crippen LogP) is 4.90. The first-order chi connectivity index (χ1) is 11.8. The van der Waals surface area contributed by atoms with Crippen LogP contribution in [-0.2, 0) is 4.74 Å². The van der Waals surface area contributed by atoms with Gasteiger partial charge in [0.25, 0.3) is 0 Å². The van der Waals surface area contributed by atoms with Gasteiger partial charge in [-0.3, -0.25) is 0 Å². The van der Waals surface area contributed by atoms with E-state index in [0.717, 1.165) is 32.4 Å². The molecule has 0 N–H and O–H groups in total. The second-order valence-corrected chi connectivity index (χ2v) is 5.54. The van der Waals surface area contributed by atoms with E-state index in [1.54, 1.807) is 12.1 Å². The molecule has 0 saturated heterocycles. The molecule has 4 nitrogen and oxygen atoms in total. The zero-order chi connectivity index (χ0) is 17.0. The Hall–Kier alpha value is -2.49. The number of rotatable bonds is 9. The standard InChI is InChI=1S/C20H25NO3/c1-2-3-15-21(18-11-6-4-7-12-18)16-10-17-23-20(22)24-19-13-8-5-9-14-19/h4-9,11-14H,2-3,10,15-17H2,1H3. The van der Waals surface area contributed by atoms with E-state index in [9.17, 15) is 4.79 Å². The molecule has 2 rings (SSSR count). The molecule has 0 atom stereocenters. The van der Waals surface area contributed by atoms with Crippen LogP contribution < -0.4 is 9.64 Å². The highest BCUT2D eigenvalue weighted by molar-refractivity contribution is 5.63. The van der Waals surface area contributed by atoms with Crippen LogP contribution in [0.4, 0.5) is 10.5 Å². The molecule has 0 aliphatic rings. The number of para-hydroxylation sites is 2. The minimum absolute atomic E-state index is 0.348. The van der Waals surface area contributed by atoms with E-state index < -0.39 is 6.16 Å². The maximum Gasteiger partial charge on any atom is 0.513 e. The molecule has 0 radical (unpaired) electrons. The molecule has 0 aromatic heterocycles. The molecular weight excluding hydrogens is 302 g/mol. The van der Waals surface area contributed by atoms with Gasteiger partial charge in [-0.15, -0.1) is 0 Å². The van der Waals surface area contributed by atoms with E-state index in [0.29, 0.717) is 12.4 Å². The number of carbonyl (C=O) groups excluding carboxylic acids is 1. The first-order valence-electron chi connectivity index (χ1n) is 8.49. The molecule has 0 saturated carbocycles. The van der Waals surface area contributed by atoms with Crippen LogP contribution >= 0.6 is 0 Å². The van der Waals surface area contributed by atoms with E-state index in [4.69, 9.17) is 9.47 Å². The average molecular weight is 327 g/mol. The molecule has 2 aromatic carbocycles. The Morgan fingerprint density at radius 3 is 2.21 bits per heavy atom. The van der Waals surface area contributed by atoms with Crippen molar-refractivity contribution in [3.05, 3.63) is 60.7 Å². The monoisotopic (exact) mass is 327 g/mol. The lowest BCUT2D eigenvalue weighted by Gasteiger charge is -2.24. The highest BCUT2D eigenvalue weighted by atomic mass is 16.7. The van der Waals surface area contributed by atoms with E-state index in [1.807, 2.05) is 36.4 Å². The first kappa shape index (κ1) is 17.9. The first-order valence-corrected chi connectivity index (χ1v) is 8.49. The van der Waals surface area contributed by atoms with Crippen molar-refractivity contribution in [3.63, 3.8) is 0 Å². The summed E-state index contributed by atoms with van der Waals surface area (Å²) in [6, 6.07) is 19.3. The maximum absolute atomic E-state index is 11.6. The molecule has 0 heterocycles. The Bertz CT molecular complexity index is 586. The largest absolute Gasteiger partial charge is 0.513 e. The number of benzene rings is 2. The minimum atomic E-state index is -0.652. The Morgan fingerprint density at radius 2 is 1.54 bits per heavy atom. The Labute approximate surface area is 144 Å². The van der Waals surface area contributed by atoms with Gasteiger partial charge in [0.2, 0.25) is 0 Å². The summed E-state index contributed by atoms with van der Waals surface area (Å²) in [6.07, 6.45) is 2.42. The summed E-state index contributed by atoms with van der Waals surface area (Å²) < 4.78 is 10.2. The normalized spacial score (nSPS) is 10.2. The van der Waals surface area contributed by atoms with Crippen LogP contribution in [0.25, 0.3) is 0 Å². The van der Waals surface area contributed by atoms with Crippen LogP contribution in [0.2, 0.25) is 0 Å². The van der Waals surface area contributed by atoms with Gasteiger partial charge in [-0.1, -0.05) is 49.7 Å². The minimum Gasteiger partial charge on any atom is -0.434 e. The maximum atomic E-state index is 11.6. The van der Waals surface area contributed by atoms with Crippen molar-refractivity contribution in [3.8, 4) is 5.75 Å². The predicted molar refractivity (Wildman–Crippen MR) is 96.6 cm³/mol. The summed E-state index contributed by atoms with van der Waals surface area (Å²) in [6.45, 7) is 4.39. The number of ether oxygens (including phenoxy) is 2. The van der Waals surface area contributed by atoms with Gasteiger partial charge in [0, 0.05) is 18.8 Å². The number of unbranched alkanes of at least 4 members (excludes halogenated alkanes) is 1. The zero-order valence-corrected chi connectivity index (χ0v) is 14.2. The van der Waals surface area contributed by atoms with Crippen LogP contribution in [0.15, 0.2) is 60.7 Å². The molecule has 24 heavy (non-hydrogen) atoms. The number of hydrogen-bond donors (Lipinski definition) is 0. The fourth-order valence-electron chi connectivity index (χ4n) is 2.38. The van der Waals surface area contributed by atoms with Crippen molar-refractivity contribution in [2.45, 2.75) is 26.2 Å². The molecule has 0 bridgehead atoms. The summed E-state index contributed by atoms with van der Waals surface area (Å²) in [5.41, 5.74) is 1.21. The quantitative estimate of drug-likeness (QED) is 0.373. The van der Waals surface area contributed by atoms with Crippen molar-refractivity contribution in [1.29, 1.82) is 0 Å². The van der Waals surface area contributed by atoms with E-state index >= 15 is 0 Å². The lowest BCUT2D eigenvalue weighted by molar-refractivity contribution is 0.0984. The fourth-order valence-corrected chi connectivity index (χ4v) is 2.38. The van der Waals surface area contributed by atoms with Gasteiger partial charge >= 0.3 is 6.16 Å². The molecule has 0 unspecified atom stereocenters. The molecule has 0 amide bonds. The van der Waals surface area contributed by atoms with Crippen molar-refractivity contribution in [2.24, 2.45) is 0 Å². The molecule has 128 valence electrons. The topological polar surface area (TPSA) is 38.8 Å². The van der Waals surface area contributed by atoms with Crippen LogP contribution in [0.3, 0.4) is 0 Å². The van der Waals surface area contributed by atoms with E-state index in [1.165, 1.54) is 5.69 Å². The summed E-state index contributed by atoms with van der Waals surface area (Å²) in [4.78, 5) is 14.0. The lowest BCUT2D eigenvalue weighted by atomic mass is 10.2. The Kier molecular flexibility index (Phi) is 7.68. The molecule has 0 aliphatic carbocycles.